The molecule has 0 saturated carbocycles. The van der Waals surface area contributed by atoms with Crippen LogP contribution in [0.25, 0.3) is 0 Å². The lowest BCUT2D eigenvalue weighted by molar-refractivity contribution is -0.143. The maximum absolute atomic E-state index is 12.5. The third-order valence-corrected chi connectivity index (χ3v) is 4.60. The van der Waals surface area contributed by atoms with Crippen LogP contribution in [-0.2, 0) is 14.4 Å². The van der Waals surface area contributed by atoms with E-state index >= 15 is 0 Å². The topological polar surface area (TPSA) is 86.7 Å². The zero-order valence-electron chi connectivity index (χ0n) is 13.5. The fourth-order valence-electron chi connectivity index (χ4n) is 2.76. The lowest BCUT2D eigenvalue weighted by Gasteiger charge is -2.18. The van der Waals surface area contributed by atoms with Gasteiger partial charge in [-0.05, 0) is 31.0 Å². The molecule has 2 unspecified atom stereocenters. The van der Waals surface area contributed by atoms with Crippen LogP contribution >= 0.6 is 15.9 Å². The lowest BCUT2D eigenvalue weighted by atomic mass is 10.1. The largest absolute Gasteiger partial charge is 0.480 e. The summed E-state index contributed by atoms with van der Waals surface area (Å²) in [6.07, 6.45) is 2.31. The highest BCUT2D eigenvalue weighted by Crippen LogP contribution is 2.27. The molecule has 1 aromatic rings. The summed E-state index contributed by atoms with van der Waals surface area (Å²) in [5.41, 5.74) is 0.727. The second-order valence-electron chi connectivity index (χ2n) is 5.85. The van der Waals surface area contributed by atoms with Crippen LogP contribution in [0.3, 0.4) is 0 Å². The predicted molar refractivity (Wildman–Crippen MR) is 93.7 cm³/mol. The molecule has 1 aromatic carbocycles. The number of hydrogen-bond donors (Lipinski definition) is 2. The van der Waals surface area contributed by atoms with Gasteiger partial charge in [0.25, 0.3) is 0 Å². The number of halogens is 1. The first-order valence-corrected chi connectivity index (χ1v) is 8.83. The summed E-state index contributed by atoms with van der Waals surface area (Å²) in [7, 11) is 0. The van der Waals surface area contributed by atoms with Crippen LogP contribution in [-0.4, -0.2) is 35.5 Å². The molecule has 2 amide bonds. The summed E-state index contributed by atoms with van der Waals surface area (Å²) >= 11 is 3.36. The minimum absolute atomic E-state index is 0.287. The molecule has 2 atom stereocenters. The molecule has 0 aromatic heterocycles. The molecule has 1 saturated heterocycles. The summed E-state index contributed by atoms with van der Waals surface area (Å²) in [6.45, 7) is 2.40. The Labute approximate surface area is 149 Å². The number of hydrogen-bond acceptors (Lipinski definition) is 3. The molecule has 7 heteroatoms. The van der Waals surface area contributed by atoms with E-state index in [9.17, 15) is 19.5 Å². The van der Waals surface area contributed by atoms with E-state index in [1.54, 1.807) is 4.90 Å². The number of carboxylic acids is 1. The van der Waals surface area contributed by atoms with E-state index in [2.05, 4.69) is 21.2 Å². The normalized spacial score (nSPS) is 18.5. The Morgan fingerprint density at radius 2 is 2.21 bits per heavy atom. The zero-order chi connectivity index (χ0) is 17.7. The monoisotopic (exact) mass is 396 g/mol. The molecular formula is C17H21BrN2O4. The molecule has 0 spiro atoms. The van der Waals surface area contributed by atoms with Gasteiger partial charge in [0.1, 0.15) is 12.0 Å². The summed E-state index contributed by atoms with van der Waals surface area (Å²) in [5.74, 6) is -2.68. The number of carbonyl (C=O) groups is 3. The first-order valence-electron chi connectivity index (χ1n) is 8.04. The molecule has 1 fully saturated rings. The molecule has 0 aliphatic carbocycles. The van der Waals surface area contributed by atoms with Crippen LogP contribution in [0.15, 0.2) is 28.7 Å². The summed E-state index contributed by atoms with van der Waals surface area (Å²) in [6, 6.07) is 6.37. The predicted octanol–water partition coefficient (Wildman–Crippen LogP) is 2.56. The average Bonchev–Trinajstić information content (AvgIpc) is 2.92. The minimum atomic E-state index is -1.06. The van der Waals surface area contributed by atoms with Gasteiger partial charge in [-0.2, -0.15) is 0 Å². The van der Waals surface area contributed by atoms with Gasteiger partial charge in [0.2, 0.25) is 11.8 Å². The summed E-state index contributed by atoms with van der Waals surface area (Å²) in [4.78, 5) is 37.7. The summed E-state index contributed by atoms with van der Waals surface area (Å²) < 4.78 is 0.853. The van der Waals surface area contributed by atoms with Gasteiger partial charge < -0.3 is 15.3 Å². The maximum Gasteiger partial charge on any atom is 0.326 e. The maximum atomic E-state index is 12.5. The first kappa shape index (κ1) is 18.4. The van der Waals surface area contributed by atoms with Crippen LogP contribution in [0, 0.1) is 5.92 Å². The number of unbranched alkanes of at least 4 members (excludes halogenated alkanes) is 1. The molecule has 0 radical (unpaired) electrons. The number of anilines is 1. The average molecular weight is 397 g/mol. The molecular weight excluding hydrogens is 376 g/mol. The first-order chi connectivity index (χ1) is 11.4. The van der Waals surface area contributed by atoms with Crippen molar-refractivity contribution in [3.63, 3.8) is 0 Å². The van der Waals surface area contributed by atoms with E-state index in [1.807, 2.05) is 31.2 Å². The van der Waals surface area contributed by atoms with E-state index in [4.69, 9.17) is 0 Å². The standard InChI is InChI=1S/C17H21BrN2O4/c1-2-3-7-14(17(23)24)19-15(21)13-8-9-20(16(13)22)12-6-4-5-11(18)10-12/h4-6,10,13-14H,2-3,7-9H2,1H3,(H,19,21)(H,23,24). The third-order valence-electron chi connectivity index (χ3n) is 4.10. The van der Waals surface area contributed by atoms with E-state index in [1.165, 1.54) is 0 Å². The minimum Gasteiger partial charge on any atom is -0.480 e. The Bertz CT molecular complexity index is 635. The molecule has 1 aliphatic heterocycles. The van der Waals surface area contributed by atoms with Crippen molar-refractivity contribution in [1.82, 2.24) is 5.32 Å². The van der Waals surface area contributed by atoms with Crippen LogP contribution in [0.2, 0.25) is 0 Å². The smallest absolute Gasteiger partial charge is 0.326 e. The van der Waals surface area contributed by atoms with Gasteiger partial charge in [-0.1, -0.05) is 41.8 Å². The lowest BCUT2D eigenvalue weighted by Crippen LogP contribution is -2.45. The number of carbonyl (C=O) groups excluding carboxylic acids is 2. The quantitative estimate of drug-likeness (QED) is 0.693. The van der Waals surface area contributed by atoms with Gasteiger partial charge in [-0.3, -0.25) is 9.59 Å². The second-order valence-corrected chi connectivity index (χ2v) is 6.77. The Morgan fingerprint density at radius 1 is 1.46 bits per heavy atom. The molecule has 24 heavy (non-hydrogen) atoms. The third kappa shape index (κ3) is 4.35. The highest BCUT2D eigenvalue weighted by Gasteiger charge is 2.38. The van der Waals surface area contributed by atoms with Crippen molar-refractivity contribution < 1.29 is 19.5 Å². The number of nitrogens with zero attached hydrogens (tertiary/aromatic N) is 1. The Morgan fingerprint density at radius 3 is 2.83 bits per heavy atom. The van der Waals surface area contributed by atoms with Crippen LogP contribution in [0.1, 0.15) is 32.6 Å². The molecule has 2 N–H and O–H groups in total. The zero-order valence-corrected chi connectivity index (χ0v) is 15.1. The highest BCUT2D eigenvalue weighted by molar-refractivity contribution is 9.10. The number of aliphatic carboxylic acids is 1. The molecule has 2 rings (SSSR count). The van der Waals surface area contributed by atoms with E-state index in [-0.39, 0.29) is 5.91 Å². The van der Waals surface area contributed by atoms with Crippen molar-refractivity contribution in [2.75, 3.05) is 11.4 Å². The molecule has 1 heterocycles. The fourth-order valence-corrected chi connectivity index (χ4v) is 3.15. The fraction of sp³-hybridized carbons (Fsp3) is 0.471. The van der Waals surface area contributed by atoms with Crippen LogP contribution in [0.5, 0.6) is 0 Å². The molecule has 1 aliphatic rings. The van der Waals surface area contributed by atoms with Crippen LogP contribution in [0.4, 0.5) is 5.69 Å². The van der Waals surface area contributed by atoms with E-state index in [0.29, 0.717) is 25.8 Å². The van der Waals surface area contributed by atoms with Crippen molar-refractivity contribution in [1.29, 1.82) is 0 Å². The van der Waals surface area contributed by atoms with Crippen LogP contribution < -0.4 is 10.2 Å². The van der Waals surface area contributed by atoms with Crippen molar-refractivity contribution in [2.24, 2.45) is 5.92 Å². The molecule has 6 nitrogen and oxygen atoms in total. The summed E-state index contributed by atoms with van der Waals surface area (Å²) in [5, 5.41) is 11.7. The van der Waals surface area contributed by atoms with Gasteiger partial charge >= 0.3 is 5.97 Å². The van der Waals surface area contributed by atoms with E-state index < -0.39 is 23.8 Å². The van der Waals surface area contributed by atoms with Gasteiger partial charge in [0.15, 0.2) is 0 Å². The van der Waals surface area contributed by atoms with Gasteiger partial charge in [-0.25, -0.2) is 4.79 Å². The van der Waals surface area contributed by atoms with Crippen molar-refractivity contribution >= 4 is 39.4 Å². The number of carboxylic acid groups (broad SMARTS) is 1. The Kier molecular flexibility index (Phi) is 6.36. The molecule has 0 bridgehead atoms. The second kappa shape index (κ2) is 8.28. The Balaban J connectivity index is 2.03. The van der Waals surface area contributed by atoms with Crippen molar-refractivity contribution in [3.8, 4) is 0 Å². The van der Waals surface area contributed by atoms with Crippen molar-refractivity contribution in [3.05, 3.63) is 28.7 Å². The number of nitrogens with one attached hydrogen (secondary N) is 1. The van der Waals surface area contributed by atoms with E-state index in [0.717, 1.165) is 16.6 Å². The number of amides is 2. The van der Waals surface area contributed by atoms with Gasteiger partial charge in [0.05, 0.1) is 0 Å². The highest BCUT2D eigenvalue weighted by atomic mass is 79.9. The number of rotatable bonds is 7. The Hall–Kier alpha value is -1.89. The number of benzene rings is 1. The molecule has 130 valence electrons. The van der Waals surface area contributed by atoms with Gasteiger partial charge in [0, 0.05) is 16.7 Å². The van der Waals surface area contributed by atoms with Crippen molar-refractivity contribution in [2.45, 2.75) is 38.6 Å². The SMILES string of the molecule is CCCCC(NC(=O)C1CCN(c2cccc(Br)c2)C1=O)C(=O)O. The van der Waals surface area contributed by atoms with Gasteiger partial charge in [-0.15, -0.1) is 0 Å².